The van der Waals surface area contributed by atoms with Gasteiger partial charge in [-0.15, -0.1) is 0 Å². The highest BCUT2D eigenvalue weighted by atomic mass is 16.7. The quantitative estimate of drug-likeness (QED) is 0.567. The molecule has 0 amide bonds. The molecule has 3 heteroatoms. The molecule has 0 aromatic carbocycles. The molecule has 2 atom stereocenters. The molecule has 0 aliphatic carbocycles. The molecule has 104 valence electrons. The molecule has 0 aromatic heterocycles. The summed E-state index contributed by atoms with van der Waals surface area (Å²) in [6, 6.07) is 0.301. The smallest absolute Gasteiger partial charge is 0.172 e. The van der Waals surface area contributed by atoms with E-state index in [1.54, 1.807) is 0 Å². The van der Waals surface area contributed by atoms with Crippen molar-refractivity contribution in [3.63, 3.8) is 0 Å². The molecular formula is C14H31NO2. The van der Waals surface area contributed by atoms with Gasteiger partial charge in [0.2, 0.25) is 0 Å². The van der Waals surface area contributed by atoms with Crippen LogP contribution in [0.3, 0.4) is 0 Å². The number of hydrogen-bond acceptors (Lipinski definition) is 3. The van der Waals surface area contributed by atoms with E-state index in [-0.39, 0.29) is 6.29 Å². The van der Waals surface area contributed by atoms with Gasteiger partial charge in [-0.2, -0.15) is 0 Å². The maximum absolute atomic E-state index is 5.72. The zero-order valence-electron chi connectivity index (χ0n) is 12.3. The Labute approximate surface area is 107 Å². The first-order valence-corrected chi connectivity index (χ1v) is 7.17. The van der Waals surface area contributed by atoms with Gasteiger partial charge in [0.05, 0.1) is 6.04 Å². The highest BCUT2D eigenvalue weighted by Gasteiger charge is 2.26. The van der Waals surface area contributed by atoms with Gasteiger partial charge in [0.15, 0.2) is 6.29 Å². The summed E-state index contributed by atoms with van der Waals surface area (Å²) in [6.45, 7) is 13.2. The third kappa shape index (κ3) is 7.02. The lowest BCUT2D eigenvalue weighted by molar-refractivity contribution is -0.162. The van der Waals surface area contributed by atoms with E-state index in [9.17, 15) is 0 Å². The van der Waals surface area contributed by atoms with E-state index in [0.717, 1.165) is 13.0 Å². The van der Waals surface area contributed by atoms with Crippen LogP contribution in [0.2, 0.25) is 0 Å². The second-order valence-corrected chi connectivity index (χ2v) is 4.52. The monoisotopic (exact) mass is 245 g/mol. The van der Waals surface area contributed by atoms with Crippen molar-refractivity contribution in [2.45, 2.75) is 66.2 Å². The van der Waals surface area contributed by atoms with E-state index in [1.165, 1.54) is 12.8 Å². The largest absolute Gasteiger partial charge is 0.351 e. The molecule has 0 aliphatic heterocycles. The van der Waals surface area contributed by atoms with Crippen LogP contribution in [0.5, 0.6) is 0 Å². The van der Waals surface area contributed by atoms with Crippen molar-refractivity contribution in [1.82, 2.24) is 5.32 Å². The lowest BCUT2D eigenvalue weighted by atomic mass is 9.96. The Morgan fingerprint density at radius 2 is 1.53 bits per heavy atom. The summed E-state index contributed by atoms with van der Waals surface area (Å²) in [5, 5.41) is 3.57. The molecule has 1 N–H and O–H groups in total. The first-order valence-electron chi connectivity index (χ1n) is 7.17. The first kappa shape index (κ1) is 16.9. The molecule has 2 unspecified atom stereocenters. The van der Waals surface area contributed by atoms with E-state index in [4.69, 9.17) is 9.47 Å². The Hall–Kier alpha value is -0.120. The van der Waals surface area contributed by atoms with Gasteiger partial charge >= 0.3 is 0 Å². The molecular weight excluding hydrogens is 214 g/mol. The molecule has 0 aliphatic rings. The molecule has 0 saturated heterocycles. The normalized spacial score (nSPS) is 15.2. The third-order valence-corrected chi connectivity index (χ3v) is 2.94. The average Bonchev–Trinajstić information content (AvgIpc) is 2.30. The maximum atomic E-state index is 5.72. The number of ether oxygens (including phenoxy) is 2. The molecule has 0 fully saturated rings. The van der Waals surface area contributed by atoms with Crippen LogP contribution in [-0.2, 0) is 9.47 Å². The molecule has 3 nitrogen and oxygen atoms in total. The Bertz CT molecular complexity index is 158. The number of nitrogens with one attached hydrogen (secondary N) is 1. The predicted octanol–water partition coefficient (Wildman–Crippen LogP) is 3.19. The lowest BCUT2D eigenvalue weighted by Gasteiger charge is -2.32. The number of rotatable bonds is 11. The minimum absolute atomic E-state index is 0.113. The summed E-state index contributed by atoms with van der Waals surface area (Å²) < 4.78 is 11.4. The van der Waals surface area contributed by atoms with E-state index in [1.807, 2.05) is 13.8 Å². The maximum Gasteiger partial charge on any atom is 0.172 e. The molecule has 17 heavy (non-hydrogen) atoms. The minimum atomic E-state index is -0.113. The molecule has 0 radical (unpaired) electrons. The average molecular weight is 245 g/mol. The second-order valence-electron chi connectivity index (χ2n) is 4.52. The standard InChI is InChI=1S/C14H31NO2/c1-6-10-12(5)13(15-11-7-2)14(16-8-3)17-9-4/h12-15H,6-11H2,1-5H3. The molecule has 0 rings (SSSR count). The van der Waals surface area contributed by atoms with Crippen LogP contribution in [0.4, 0.5) is 0 Å². The highest BCUT2D eigenvalue weighted by molar-refractivity contribution is 4.77. The van der Waals surface area contributed by atoms with Crippen molar-refractivity contribution in [3.05, 3.63) is 0 Å². The van der Waals surface area contributed by atoms with Gasteiger partial charge in [0.25, 0.3) is 0 Å². The van der Waals surface area contributed by atoms with E-state index in [0.29, 0.717) is 25.2 Å². The fourth-order valence-corrected chi connectivity index (χ4v) is 2.10. The zero-order valence-corrected chi connectivity index (χ0v) is 12.3. The van der Waals surface area contributed by atoms with Crippen LogP contribution in [0.25, 0.3) is 0 Å². The van der Waals surface area contributed by atoms with Crippen LogP contribution in [-0.4, -0.2) is 32.1 Å². The summed E-state index contributed by atoms with van der Waals surface area (Å²) in [5.74, 6) is 0.578. The summed E-state index contributed by atoms with van der Waals surface area (Å²) in [6.07, 6.45) is 3.44. The zero-order chi connectivity index (χ0) is 13.1. The van der Waals surface area contributed by atoms with E-state index in [2.05, 4.69) is 26.1 Å². The van der Waals surface area contributed by atoms with Gasteiger partial charge in [0.1, 0.15) is 0 Å². The van der Waals surface area contributed by atoms with Crippen molar-refractivity contribution < 1.29 is 9.47 Å². The summed E-state index contributed by atoms with van der Waals surface area (Å²) in [4.78, 5) is 0. The third-order valence-electron chi connectivity index (χ3n) is 2.94. The summed E-state index contributed by atoms with van der Waals surface area (Å²) in [7, 11) is 0. The molecule has 0 saturated carbocycles. The topological polar surface area (TPSA) is 30.5 Å². The highest BCUT2D eigenvalue weighted by Crippen LogP contribution is 2.17. The van der Waals surface area contributed by atoms with Gasteiger partial charge in [-0.1, -0.05) is 27.2 Å². The van der Waals surface area contributed by atoms with Crippen LogP contribution >= 0.6 is 0 Å². The van der Waals surface area contributed by atoms with Gasteiger partial charge in [-0.05, 0) is 39.2 Å². The fraction of sp³-hybridized carbons (Fsp3) is 1.00. The second kappa shape index (κ2) is 11.0. The van der Waals surface area contributed by atoms with Crippen molar-refractivity contribution >= 4 is 0 Å². The molecule has 0 heterocycles. The van der Waals surface area contributed by atoms with Crippen LogP contribution in [0.1, 0.15) is 53.9 Å². The van der Waals surface area contributed by atoms with Gasteiger partial charge < -0.3 is 14.8 Å². The Kier molecular flexibility index (Phi) is 10.9. The lowest BCUT2D eigenvalue weighted by Crippen LogP contribution is -2.47. The summed E-state index contributed by atoms with van der Waals surface area (Å²) in [5.41, 5.74) is 0. The van der Waals surface area contributed by atoms with E-state index >= 15 is 0 Å². The summed E-state index contributed by atoms with van der Waals surface area (Å²) >= 11 is 0. The van der Waals surface area contributed by atoms with Crippen molar-refractivity contribution in [3.8, 4) is 0 Å². The fourth-order valence-electron chi connectivity index (χ4n) is 2.10. The Balaban J connectivity index is 4.45. The minimum Gasteiger partial charge on any atom is -0.351 e. The SMILES string of the molecule is CCCNC(C(C)CCC)C(OCC)OCC. The molecule has 0 bridgehead atoms. The first-order chi connectivity index (χ1) is 8.21. The molecule has 0 aromatic rings. The Morgan fingerprint density at radius 1 is 0.941 bits per heavy atom. The predicted molar refractivity (Wildman–Crippen MR) is 73.2 cm³/mol. The van der Waals surface area contributed by atoms with Gasteiger partial charge in [-0.25, -0.2) is 0 Å². The van der Waals surface area contributed by atoms with E-state index < -0.39 is 0 Å². The Morgan fingerprint density at radius 3 is 1.94 bits per heavy atom. The van der Waals surface area contributed by atoms with Gasteiger partial charge in [0, 0.05) is 13.2 Å². The van der Waals surface area contributed by atoms with Crippen molar-refractivity contribution in [2.75, 3.05) is 19.8 Å². The van der Waals surface area contributed by atoms with Gasteiger partial charge in [-0.3, -0.25) is 0 Å². The van der Waals surface area contributed by atoms with Crippen LogP contribution in [0.15, 0.2) is 0 Å². The van der Waals surface area contributed by atoms with Crippen LogP contribution < -0.4 is 5.32 Å². The van der Waals surface area contributed by atoms with Crippen LogP contribution in [0, 0.1) is 5.92 Å². The number of hydrogen-bond donors (Lipinski definition) is 1. The van der Waals surface area contributed by atoms with Crippen molar-refractivity contribution in [2.24, 2.45) is 5.92 Å². The van der Waals surface area contributed by atoms with Crippen molar-refractivity contribution in [1.29, 1.82) is 0 Å². The molecule has 0 spiro atoms.